The third-order valence-electron chi connectivity index (χ3n) is 5.09. The fourth-order valence-electron chi connectivity index (χ4n) is 3.67. The lowest BCUT2D eigenvalue weighted by atomic mass is 9.94. The zero-order valence-corrected chi connectivity index (χ0v) is 16.3. The Hall–Kier alpha value is -3.24. The van der Waals surface area contributed by atoms with Crippen molar-refractivity contribution in [2.24, 2.45) is 0 Å². The van der Waals surface area contributed by atoms with Crippen molar-refractivity contribution in [1.82, 2.24) is 10.2 Å². The predicted molar refractivity (Wildman–Crippen MR) is 118 cm³/mol. The molecule has 0 atom stereocenters. The van der Waals surface area contributed by atoms with Gasteiger partial charge in [-0.05, 0) is 51.9 Å². The molecular formula is C24H19N3S. The van der Waals surface area contributed by atoms with Crippen molar-refractivity contribution in [3.05, 3.63) is 95.6 Å². The molecule has 4 aromatic rings. The van der Waals surface area contributed by atoms with Gasteiger partial charge in [-0.1, -0.05) is 78.1 Å². The molecule has 3 nitrogen and oxygen atoms in total. The Morgan fingerprint density at radius 2 is 1.61 bits per heavy atom. The Morgan fingerprint density at radius 3 is 2.43 bits per heavy atom. The third-order valence-corrected chi connectivity index (χ3v) is 6.08. The minimum absolute atomic E-state index is 0.835. The van der Waals surface area contributed by atoms with Crippen molar-refractivity contribution < 1.29 is 0 Å². The van der Waals surface area contributed by atoms with Crippen molar-refractivity contribution in [3.63, 3.8) is 0 Å². The molecule has 28 heavy (non-hydrogen) atoms. The van der Waals surface area contributed by atoms with E-state index in [2.05, 4.69) is 94.4 Å². The molecule has 0 saturated carbocycles. The first-order valence-electron chi connectivity index (χ1n) is 9.33. The molecule has 1 aromatic heterocycles. The quantitative estimate of drug-likeness (QED) is 0.478. The van der Waals surface area contributed by atoms with Crippen LogP contribution in [0, 0.1) is 0 Å². The first-order valence-corrected chi connectivity index (χ1v) is 10.1. The summed E-state index contributed by atoms with van der Waals surface area (Å²) in [6.07, 6.45) is 3.30. The molecule has 0 spiro atoms. The van der Waals surface area contributed by atoms with Crippen LogP contribution in [0.2, 0.25) is 0 Å². The second-order valence-electron chi connectivity index (χ2n) is 6.80. The highest BCUT2D eigenvalue weighted by Gasteiger charge is 2.18. The van der Waals surface area contributed by atoms with Gasteiger partial charge in [0, 0.05) is 12.6 Å². The summed E-state index contributed by atoms with van der Waals surface area (Å²) in [5.41, 5.74) is 8.81. The van der Waals surface area contributed by atoms with E-state index < -0.39 is 0 Å². The zero-order valence-electron chi connectivity index (χ0n) is 15.5. The maximum Gasteiger partial charge on any atom is 0.205 e. The number of rotatable bonds is 4. The molecule has 1 N–H and O–H groups in total. The number of hydrogen-bond acceptors (Lipinski definition) is 4. The maximum atomic E-state index is 4.32. The van der Waals surface area contributed by atoms with Crippen LogP contribution in [0.25, 0.3) is 27.3 Å². The molecule has 5 rings (SSSR count). The topological polar surface area (TPSA) is 37.8 Å². The summed E-state index contributed by atoms with van der Waals surface area (Å²) in [5, 5.41) is 13.3. The minimum atomic E-state index is 0.835. The van der Waals surface area contributed by atoms with Crippen molar-refractivity contribution in [3.8, 4) is 21.7 Å². The molecule has 4 heteroatoms. The zero-order chi connectivity index (χ0) is 18.9. The van der Waals surface area contributed by atoms with Gasteiger partial charge in [-0.15, -0.1) is 10.2 Å². The van der Waals surface area contributed by atoms with E-state index in [-0.39, 0.29) is 0 Å². The molecular weight excluding hydrogens is 362 g/mol. The molecule has 0 saturated heterocycles. The smallest absolute Gasteiger partial charge is 0.205 e. The molecule has 0 aliphatic heterocycles. The minimum Gasteiger partial charge on any atom is -0.363 e. The fraction of sp³-hybridized carbons (Fsp3) is 0.0833. The van der Waals surface area contributed by atoms with E-state index in [9.17, 15) is 0 Å². The summed E-state index contributed by atoms with van der Waals surface area (Å²) in [6, 6.07) is 26.0. The van der Waals surface area contributed by atoms with Crippen LogP contribution in [0.5, 0.6) is 0 Å². The van der Waals surface area contributed by atoms with E-state index in [0.717, 1.165) is 22.1 Å². The normalized spacial score (nSPS) is 12.5. The standard InChI is InChI=1S/C24H19N3S/c1-25-24-27-26-23(28-24)20-11-10-17-12-13-21(22(17)15-20)19-9-5-8-18(14-19)16-6-3-2-4-7-16/h2-11,13-15H,12H2,1H3,(H,25,27). The van der Waals surface area contributed by atoms with Gasteiger partial charge in [0.25, 0.3) is 0 Å². The van der Waals surface area contributed by atoms with Crippen molar-refractivity contribution in [2.75, 3.05) is 12.4 Å². The molecule has 0 amide bonds. The Labute approximate surface area is 168 Å². The number of hydrogen-bond donors (Lipinski definition) is 1. The lowest BCUT2D eigenvalue weighted by Gasteiger charge is -2.10. The number of fused-ring (bicyclic) bond motifs is 1. The van der Waals surface area contributed by atoms with Crippen LogP contribution in [0.15, 0.2) is 78.9 Å². The van der Waals surface area contributed by atoms with Crippen LogP contribution in [0.1, 0.15) is 16.7 Å². The maximum absolute atomic E-state index is 4.32. The predicted octanol–water partition coefficient (Wildman–Crippen LogP) is 5.90. The van der Waals surface area contributed by atoms with Gasteiger partial charge < -0.3 is 5.32 Å². The van der Waals surface area contributed by atoms with Gasteiger partial charge in [0.15, 0.2) is 0 Å². The van der Waals surface area contributed by atoms with E-state index >= 15 is 0 Å². The molecule has 1 heterocycles. The highest BCUT2D eigenvalue weighted by atomic mass is 32.1. The van der Waals surface area contributed by atoms with Gasteiger partial charge in [-0.2, -0.15) is 0 Å². The van der Waals surface area contributed by atoms with Gasteiger partial charge in [-0.25, -0.2) is 0 Å². The number of anilines is 1. The van der Waals surface area contributed by atoms with Crippen LogP contribution in [0.3, 0.4) is 0 Å². The largest absolute Gasteiger partial charge is 0.363 e. The number of nitrogens with zero attached hydrogens (tertiary/aromatic N) is 2. The summed E-state index contributed by atoms with van der Waals surface area (Å²) >= 11 is 1.58. The average molecular weight is 382 g/mol. The SMILES string of the molecule is CNc1nnc(-c2ccc3c(c2)C(c2cccc(-c4ccccc4)c2)=CC3)s1. The Morgan fingerprint density at radius 1 is 0.786 bits per heavy atom. The molecule has 0 fully saturated rings. The van der Waals surface area contributed by atoms with E-state index in [1.165, 1.54) is 33.4 Å². The number of nitrogens with one attached hydrogen (secondary N) is 1. The Kier molecular flexibility index (Phi) is 4.26. The molecule has 0 radical (unpaired) electrons. The van der Waals surface area contributed by atoms with Gasteiger partial charge >= 0.3 is 0 Å². The summed E-state index contributed by atoms with van der Waals surface area (Å²) in [6.45, 7) is 0. The van der Waals surface area contributed by atoms with Crippen LogP contribution in [-0.4, -0.2) is 17.2 Å². The van der Waals surface area contributed by atoms with Crippen LogP contribution in [0.4, 0.5) is 5.13 Å². The van der Waals surface area contributed by atoms with Gasteiger partial charge in [-0.3, -0.25) is 0 Å². The lowest BCUT2D eigenvalue weighted by molar-refractivity contribution is 1.09. The summed E-state index contributed by atoms with van der Waals surface area (Å²) < 4.78 is 0. The lowest BCUT2D eigenvalue weighted by Crippen LogP contribution is -1.90. The molecule has 0 bridgehead atoms. The fourth-order valence-corrected chi connectivity index (χ4v) is 4.36. The van der Waals surface area contributed by atoms with Crippen LogP contribution >= 0.6 is 11.3 Å². The first kappa shape index (κ1) is 16.9. The molecule has 3 aromatic carbocycles. The number of benzene rings is 3. The molecule has 0 unspecified atom stereocenters. The van der Waals surface area contributed by atoms with Gasteiger partial charge in [0.2, 0.25) is 5.13 Å². The third kappa shape index (κ3) is 3.02. The Bertz CT molecular complexity index is 1180. The first-order chi connectivity index (χ1) is 13.8. The van der Waals surface area contributed by atoms with E-state index in [1.807, 2.05) is 7.05 Å². The second kappa shape index (κ2) is 7.06. The van der Waals surface area contributed by atoms with E-state index in [0.29, 0.717) is 0 Å². The summed E-state index contributed by atoms with van der Waals surface area (Å²) in [7, 11) is 1.87. The van der Waals surface area contributed by atoms with E-state index in [4.69, 9.17) is 0 Å². The van der Waals surface area contributed by atoms with Crippen molar-refractivity contribution >= 4 is 22.0 Å². The van der Waals surface area contributed by atoms with Crippen LogP contribution in [-0.2, 0) is 6.42 Å². The monoisotopic (exact) mass is 381 g/mol. The van der Waals surface area contributed by atoms with Gasteiger partial charge in [0.05, 0.1) is 0 Å². The van der Waals surface area contributed by atoms with Crippen LogP contribution < -0.4 is 5.32 Å². The van der Waals surface area contributed by atoms with Crippen molar-refractivity contribution in [1.29, 1.82) is 0 Å². The second-order valence-corrected chi connectivity index (χ2v) is 7.78. The van der Waals surface area contributed by atoms with Gasteiger partial charge in [0.1, 0.15) is 5.01 Å². The molecule has 136 valence electrons. The summed E-state index contributed by atoms with van der Waals surface area (Å²) in [4.78, 5) is 0. The molecule has 1 aliphatic carbocycles. The highest BCUT2D eigenvalue weighted by Crippen LogP contribution is 2.37. The Balaban J connectivity index is 1.54. The average Bonchev–Trinajstić information content (AvgIpc) is 3.41. The summed E-state index contributed by atoms with van der Waals surface area (Å²) in [5.74, 6) is 0. The van der Waals surface area contributed by atoms with E-state index in [1.54, 1.807) is 11.3 Å². The number of aromatic nitrogens is 2. The molecule has 1 aliphatic rings. The van der Waals surface area contributed by atoms with Crippen molar-refractivity contribution in [2.45, 2.75) is 6.42 Å². The highest BCUT2D eigenvalue weighted by molar-refractivity contribution is 7.18. The number of allylic oxidation sites excluding steroid dienone is 1.